The van der Waals surface area contributed by atoms with Crippen molar-refractivity contribution >= 4 is 72.8 Å². The molecule has 14 nitrogen and oxygen atoms in total. The molecule has 0 radical (unpaired) electrons. The summed E-state index contributed by atoms with van der Waals surface area (Å²) in [6.45, 7) is 13.2. The van der Waals surface area contributed by atoms with Crippen molar-refractivity contribution in [3.8, 4) is 11.5 Å². The third-order valence-electron chi connectivity index (χ3n) is 13.3. The van der Waals surface area contributed by atoms with Crippen LogP contribution in [0.1, 0.15) is 56.0 Å². The molecule has 1 aliphatic carbocycles. The van der Waals surface area contributed by atoms with Crippen LogP contribution in [-0.2, 0) is 19.9 Å². The summed E-state index contributed by atoms with van der Waals surface area (Å²) in [5.74, 6) is -0.942. The van der Waals surface area contributed by atoms with Crippen molar-refractivity contribution in [2.24, 2.45) is 5.41 Å². The number of aromatic nitrogens is 2. The predicted octanol–water partition coefficient (Wildman–Crippen LogP) is 8.61. The first-order valence-electron chi connectivity index (χ1n) is 22.9. The van der Waals surface area contributed by atoms with E-state index in [-0.39, 0.29) is 22.5 Å². The van der Waals surface area contributed by atoms with Crippen LogP contribution in [0.5, 0.6) is 11.5 Å². The topological polar surface area (TPSA) is 177 Å². The number of alkyl halides is 3. The summed E-state index contributed by atoms with van der Waals surface area (Å²) in [6, 6.07) is 17.9. The number of carbonyl (C=O) groups excluding carboxylic acids is 1. The summed E-state index contributed by atoms with van der Waals surface area (Å²) < 4.78 is 104. The number of rotatable bonds is 14. The zero-order valence-electron chi connectivity index (χ0n) is 38.9. The second-order valence-corrected chi connectivity index (χ2v) is 27.5. The zero-order valence-corrected chi connectivity index (χ0v) is 42.3. The number of aromatic amines is 1. The summed E-state index contributed by atoms with van der Waals surface area (Å²) >= 11 is 6.24. The van der Waals surface area contributed by atoms with Crippen LogP contribution in [0.4, 0.5) is 24.5 Å². The number of anilines is 2. The summed E-state index contributed by atoms with van der Waals surface area (Å²) in [5, 5.41) is 4.22. The van der Waals surface area contributed by atoms with Crippen molar-refractivity contribution < 1.29 is 44.4 Å². The van der Waals surface area contributed by atoms with E-state index in [4.69, 9.17) is 16.3 Å². The number of ether oxygens (including phenoxy) is 1. The molecule has 21 heteroatoms. The van der Waals surface area contributed by atoms with Crippen LogP contribution in [0.2, 0.25) is 5.02 Å². The Morgan fingerprint density at radius 1 is 0.957 bits per heavy atom. The van der Waals surface area contributed by atoms with Crippen molar-refractivity contribution in [2.75, 3.05) is 81.6 Å². The number of amides is 1. The predicted molar refractivity (Wildman–Crippen MR) is 267 cm³/mol. The van der Waals surface area contributed by atoms with E-state index in [1.54, 1.807) is 37.4 Å². The van der Waals surface area contributed by atoms with E-state index < -0.39 is 60.3 Å². The Morgan fingerprint density at radius 2 is 1.67 bits per heavy atom. The Morgan fingerprint density at radius 3 is 2.36 bits per heavy atom. The first-order chi connectivity index (χ1) is 32.4. The van der Waals surface area contributed by atoms with Gasteiger partial charge in [-0.3, -0.25) is 9.69 Å². The number of carbonyl (C=O) groups is 1. The normalized spacial score (nSPS) is 19.3. The summed E-state index contributed by atoms with van der Waals surface area (Å²) in [5.41, 5.74) is -1.00. The van der Waals surface area contributed by atoms with Crippen LogP contribution < -0.4 is 19.7 Å². The second-order valence-electron chi connectivity index (χ2n) is 19.4. The number of nitrogens with zero attached hydrogens (tertiary/aromatic N) is 4. The average Bonchev–Trinajstić information content (AvgIpc) is 3.76. The van der Waals surface area contributed by atoms with E-state index in [0.717, 1.165) is 51.0 Å². The minimum atomic E-state index is -6.09. The van der Waals surface area contributed by atoms with E-state index >= 15 is 0 Å². The van der Waals surface area contributed by atoms with E-state index in [1.165, 1.54) is 29.0 Å². The fourth-order valence-corrected chi connectivity index (χ4v) is 13.3. The van der Waals surface area contributed by atoms with Gasteiger partial charge in [0.05, 0.1) is 11.8 Å². The maximum atomic E-state index is 14.1. The number of allylic oxidation sites excluding steroid dienone is 1. The minimum absolute atomic E-state index is 0.0181. The molecule has 1 atom stereocenters. The van der Waals surface area contributed by atoms with Gasteiger partial charge in [0.25, 0.3) is 5.91 Å². The Hall–Kier alpha value is -4.75. The standard InChI is InChI=1S/C48H58ClF3N7O7PS2/c1-32(30-58-21-23-67(4,61)24-22-58)55-42-12-10-39(27-44(42)68(62,63)48(50,51)52)69(64,65)56-46(60)40-11-9-37(26-43(40)66-38-25-34-14-16-53-45(34)54-29-38)59-19-17-57(18-20-59)31-35-13-15-47(2,3)28-41(35)33-5-7-36(49)8-6-33/h5-12,14,16,25-27,29,32,55,61,67H,13,15,17-24,28,30-31H2,1-4H3,(H,53,54)(H,56,60)/t32-/m0/s1. The molecule has 0 spiro atoms. The summed E-state index contributed by atoms with van der Waals surface area (Å²) in [7, 11) is -13.4. The molecule has 2 aliphatic heterocycles. The SMILES string of the molecule is C[C@@H](CN1CC[PH](C)(O)CC1)Nc1ccc(S(=O)(=O)NC(=O)c2ccc(N3CCN(CC4=C(c5ccc(Cl)cc5)CC(C)(C)CC4)CC3)cc2Oc2cnc3[nH]ccc3c2)cc1S(=O)(=O)C(F)(F)F. The van der Waals surface area contributed by atoms with Crippen LogP contribution in [0, 0.1) is 5.41 Å². The van der Waals surface area contributed by atoms with Gasteiger partial charge >= 0.3 is 168 Å². The Kier molecular flexibility index (Phi) is 14.5. The number of piperazine rings is 1. The Balaban J connectivity index is 1.03. The van der Waals surface area contributed by atoms with Crippen LogP contribution >= 0.6 is 19.1 Å². The molecule has 8 rings (SSSR count). The van der Waals surface area contributed by atoms with Gasteiger partial charge < -0.3 is 14.6 Å². The summed E-state index contributed by atoms with van der Waals surface area (Å²) in [6.07, 6.45) is 7.44. The number of hydrogen-bond donors (Lipinski definition) is 4. The molecule has 69 heavy (non-hydrogen) atoms. The van der Waals surface area contributed by atoms with Crippen LogP contribution in [-0.4, -0.2) is 130 Å². The Labute approximate surface area is 406 Å². The molecule has 0 saturated carbocycles. The van der Waals surface area contributed by atoms with Gasteiger partial charge in [-0.1, -0.05) is 43.2 Å². The number of hydrogen-bond acceptors (Lipinski definition) is 12. The molecule has 2 saturated heterocycles. The van der Waals surface area contributed by atoms with Gasteiger partial charge in [0, 0.05) is 61.1 Å². The van der Waals surface area contributed by atoms with E-state index in [9.17, 15) is 39.7 Å². The number of sulfonamides is 1. The van der Waals surface area contributed by atoms with Gasteiger partial charge in [0.15, 0.2) is 0 Å². The molecule has 0 bridgehead atoms. The van der Waals surface area contributed by atoms with Gasteiger partial charge in [-0.15, -0.1) is 0 Å². The number of benzene rings is 3. The van der Waals surface area contributed by atoms with Crippen molar-refractivity contribution in [3.63, 3.8) is 0 Å². The van der Waals surface area contributed by atoms with E-state index in [2.05, 4.69) is 51.1 Å². The fourth-order valence-electron chi connectivity index (χ4n) is 9.27. The van der Waals surface area contributed by atoms with Gasteiger partial charge in [-0.05, 0) is 72.2 Å². The molecule has 2 fully saturated rings. The monoisotopic (exact) mass is 1030 g/mol. The molecule has 0 unspecified atom stereocenters. The molecule has 4 N–H and O–H groups in total. The number of nitrogens with one attached hydrogen (secondary N) is 3. The maximum absolute atomic E-state index is 14.1. The van der Waals surface area contributed by atoms with Crippen molar-refractivity contribution in [1.29, 1.82) is 0 Å². The molecular formula is C48H58ClF3N7O7PS2. The molecule has 3 aliphatic rings. The number of sulfone groups is 1. The zero-order chi connectivity index (χ0) is 49.5. The van der Waals surface area contributed by atoms with Gasteiger partial charge in [-0.25, -0.2) is 4.98 Å². The first kappa shape index (κ1) is 50.6. The van der Waals surface area contributed by atoms with Crippen molar-refractivity contribution in [1.82, 2.24) is 24.5 Å². The number of pyridine rings is 1. The quantitative estimate of drug-likeness (QED) is 0.0781. The van der Waals surface area contributed by atoms with Crippen LogP contribution in [0.15, 0.2) is 101 Å². The third kappa shape index (κ3) is 11.9. The van der Waals surface area contributed by atoms with Gasteiger partial charge in [-0.2, -0.15) is 0 Å². The summed E-state index contributed by atoms with van der Waals surface area (Å²) in [4.78, 5) is 36.3. The third-order valence-corrected chi connectivity index (χ3v) is 19.0. The van der Waals surface area contributed by atoms with Crippen LogP contribution in [0.3, 0.4) is 0 Å². The van der Waals surface area contributed by atoms with Crippen LogP contribution in [0.25, 0.3) is 16.6 Å². The molecule has 1 amide bonds. The molecule has 2 aromatic heterocycles. The fraction of sp³-hybridized carbons (Fsp3) is 0.417. The Bertz CT molecular complexity index is 2970. The number of H-pyrrole nitrogens is 1. The van der Waals surface area contributed by atoms with Crippen molar-refractivity contribution in [3.05, 3.63) is 107 Å². The van der Waals surface area contributed by atoms with E-state index in [0.29, 0.717) is 72.9 Å². The number of fused-ring (bicyclic) bond motifs is 1. The average molecular weight is 1030 g/mol. The second kappa shape index (κ2) is 19.8. The van der Waals surface area contributed by atoms with E-state index in [1.807, 2.05) is 28.4 Å². The first-order valence-corrected chi connectivity index (χ1v) is 29.1. The molecule has 5 aromatic rings. The molecule has 372 valence electrons. The van der Waals surface area contributed by atoms with Gasteiger partial charge in [0.2, 0.25) is 0 Å². The van der Waals surface area contributed by atoms with Crippen molar-refractivity contribution in [2.45, 2.75) is 61.4 Å². The van der Waals surface area contributed by atoms with Gasteiger partial charge in [0.1, 0.15) is 17.1 Å². The molecule has 4 heterocycles. The number of halogens is 4. The molecular weight excluding hydrogens is 974 g/mol. The molecule has 3 aromatic carbocycles.